The normalized spacial score (nSPS) is 10.6. The van der Waals surface area contributed by atoms with Gasteiger partial charge in [0.15, 0.2) is 11.5 Å². The number of benzene rings is 2. The predicted molar refractivity (Wildman–Crippen MR) is 102 cm³/mol. The number of amides is 1. The van der Waals surface area contributed by atoms with Crippen LogP contribution in [0.2, 0.25) is 0 Å². The van der Waals surface area contributed by atoms with Gasteiger partial charge in [0.05, 0.1) is 36.5 Å². The number of methoxy groups -OCH3 is 1. The summed E-state index contributed by atoms with van der Waals surface area (Å²) in [5.41, 5.74) is 2.27. The van der Waals surface area contributed by atoms with E-state index in [0.717, 1.165) is 18.3 Å². The number of rotatable bonds is 7. The summed E-state index contributed by atoms with van der Waals surface area (Å²) in [6.45, 7) is 2.17. The minimum absolute atomic E-state index is 0.0145. The number of nitro groups is 1. The summed E-state index contributed by atoms with van der Waals surface area (Å²) in [6.07, 6.45) is 1.08. The lowest BCUT2D eigenvalue weighted by molar-refractivity contribution is -0.385. The van der Waals surface area contributed by atoms with Crippen molar-refractivity contribution in [3.05, 3.63) is 56.0 Å². The third-order valence-electron chi connectivity index (χ3n) is 3.38. The van der Waals surface area contributed by atoms with Gasteiger partial charge < -0.3 is 14.6 Å². The lowest BCUT2D eigenvalue weighted by Crippen LogP contribution is -2.19. The number of phenols is 1. The van der Waals surface area contributed by atoms with Gasteiger partial charge in [0.25, 0.3) is 11.6 Å². The van der Waals surface area contributed by atoms with E-state index in [1.165, 1.54) is 7.11 Å². The Morgan fingerprint density at radius 2 is 2.11 bits per heavy atom. The lowest BCUT2D eigenvalue weighted by atomic mass is 10.1. The molecule has 0 bridgehead atoms. The van der Waals surface area contributed by atoms with Crippen LogP contribution in [0.4, 0.5) is 5.69 Å². The molecular weight excluding hydrogens is 422 g/mol. The second-order valence-electron chi connectivity index (χ2n) is 5.12. The number of non-ortho nitro benzene ring substituents is 1. The van der Waals surface area contributed by atoms with Crippen molar-refractivity contribution in [2.75, 3.05) is 13.7 Å². The summed E-state index contributed by atoms with van der Waals surface area (Å²) >= 11 is 3.28. The van der Waals surface area contributed by atoms with Gasteiger partial charge in [-0.1, -0.05) is 15.9 Å². The molecule has 0 saturated carbocycles. The van der Waals surface area contributed by atoms with Crippen LogP contribution < -0.4 is 14.9 Å². The van der Waals surface area contributed by atoms with E-state index in [0.29, 0.717) is 16.8 Å². The molecule has 0 fully saturated rings. The fourth-order valence-electron chi connectivity index (χ4n) is 2.16. The summed E-state index contributed by atoms with van der Waals surface area (Å²) in [5, 5.41) is 24.8. The molecule has 1 amide bonds. The van der Waals surface area contributed by atoms with Gasteiger partial charge >= 0.3 is 0 Å². The van der Waals surface area contributed by atoms with Crippen LogP contribution in [0.3, 0.4) is 0 Å². The van der Waals surface area contributed by atoms with Gasteiger partial charge in [-0.25, -0.2) is 5.43 Å². The van der Waals surface area contributed by atoms with Crippen molar-refractivity contribution in [1.82, 2.24) is 5.43 Å². The summed E-state index contributed by atoms with van der Waals surface area (Å²) in [5.74, 6) is -0.581. The second kappa shape index (κ2) is 8.99. The third-order valence-corrected chi connectivity index (χ3v) is 3.87. The number of hydrazone groups is 1. The first-order chi connectivity index (χ1) is 12.9. The molecule has 2 aromatic carbocycles. The maximum absolute atomic E-state index is 12.3. The van der Waals surface area contributed by atoms with Gasteiger partial charge in [-0.3, -0.25) is 14.9 Å². The Kier molecular flexibility index (Phi) is 6.72. The van der Waals surface area contributed by atoms with Gasteiger partial charge in [-0.2, -0.15) is 5.10 Å². The van der Waals surface area contributed by atoms with Crippen molar-refractivity contribution in [3.8, 4) is 17.2 Å². The van der Waals surface area contributed by atoms with Crippen molar-refractivity contribution < 1.29 is 24.3 Å². The van der Waals surface area contributed by atoms with Crippen LogP contribution in [-0.4, -0.2) is 35.9 Å². The molecule has 0 aliphatic carbocycles. The van der Waals surface area contributed by atoms with Crippen LogP contribution >= 0.6 is 15.9 Å². The van der Waals surface area contributed by atoms with Gasteiger partial charge in [0, 0.05) is 16.1 Å². The highest BCUT2D eigenvalue weighted by molar-refractivity contribution is 9.10. The molecule has 10 heteroatoms. The van der Waals surface area contributed by atoms with Crippen LogP contribution in [0.1, 0.15) is 22.8 Å². The minimum Gasteiger partial charge on any atom is -0.504 e. The van der Waals surface area contributed by atoms with Crippen molar-refractivity contribution >= 4 is 33.7 Å². The summed E-state index contributed by atoms with van der Waals surface area (Å²) in [7, 11) is 1.27. The number of hydrogen-bond donors (Lipinski definition) is 2. The molecule has 0 aliphatic rings. The number of nitrogens with one attached hydrogen (secondary N) is 1. The van der Waals surface area contributed by atoms with E-state index < -0.39 is 10.8 Å². The molecule has 0 spiro atoms. The highest BCUT2D eigenvalue weighted by atomic mass is 79.9. The number of ether oxygens (including phenoxy) is 2. The van der Waals surface area contributed by atoms with E-state index in [-0.39, 0.29) is 28.3 Å². The zero-order valence-electron chi connectivity index (χ0n) is 14.4. The molecule has 2 rings (SSSR count). The number of aromatic hydroxyl groups is 1. The molecule has 0 aromatic heterocycles. The number of halogens is 1. The summed E-state index contributed by atoms with van der Waals surface area (Å²) in [4.78, 5) is 22.7. The quantitative estimate of drug-likeness (QED) is 0.389. The number of carbonyl (C=O) groups is 1. The van der Waals surface area contributed by atoms with Crippen molar-refractivity contribution in [1.29, 1.82) is 0 Å². The second-order valence-corrected chi connectivity index (χ2v) is 6.03. The molecule has 0 atom stereocenters. The Bertz CT molecular complexity index is 900. The summed E-state index contributed by atoms with van der Waals surface area (Å²) in [6, 6.07) is 7.14. The number of nitrogens with zero attached hydrogens (tertiary/aromatic N) is 2. The van der Waals surface area contributed by atoms with Crippen molar-refractivity contribution in [3.63, 3.8) is 0 Å². The SMILES string of the molecule is CCOc1ccc(Br)cc1C(=O)NN=Cc1cc([N+](=O)[O-])cc(OC)c1O. The van der Waals surface area contributed by atoms with E-state index >= 15 is 0 Å². The Morgan fingerprint density at radius 3 is 2.74 bits per heavy atom. The molecule has 9 nitrogen and oxygen atoms in total. The van der Waals surface area contributed by atoms with Gasteiger partial charge in [-0.15, -0.1) is 0 Å². The standard InChI is InChI=1S/C17H16BrN3O6/c1-3-27-14-5-4-11(18)7-13(14)17(23)20-19-9-10-6-12(21(24)25)8-15(26-2)16(10)22/h4-9,22H,3H2,1-2H3,(H,20,23). The molecule has 0 heterocycles. The van der Waals surface area contributed by atoms with Gasteiger partial charge in [0.1, 0.15) is 5.75 Å². The van der Waals surface area contributed by atoms with Crippen LogP contribution in [0.25, 0.3) is 0 Å². The highest BCUT2D eigenvalue weighted by Crippen LogP contribution is 2.33. The molecule has 0 radical (unpaired) electrons. The molecule has 0 saturated heterocycles. The maximum atomic E-state index is 12.3. The van der Waals surface area contributed by atoms with Gasteiger partial charge in [-0.05, 0) is 25.1 Å². The van der Waals surface area contributed by atoms with Crippen LogP contribution in [0, 0.1) is 10.1 Å². The Morgan fingerprint density at radius 1 is 1.37 bits per heavy atom. The van der Waals surface area contributed by atoms with E-state index in [1.54, 1.807) is 25.1 Å². The van der Waals surface area contributed by atoms with Crippen molar-refractivity contribution in [2.45, 2.75) is 6.92 Å². The molecule has 0 aliphatic heterocycles. The topological polar surface area (TPSA) is 123 Å². The smallest absolute Gasteiger partial charge is 0.275 e. The molecule has 27 heavy (non-hydrogen) atoms. The average Bonchev–Trinajstić information content (AvgIpc) is 2.64. The zero-order chi connectivity index (χ0) is 20.0. The van der Waals surface area contributed by atoms with E-state index in [9.17, 15) is 20.0 Å². The largest absolute Gasteiger partial charge is 0.504 e. The molecule has 142 valence electrons. The molecule has 0 unspecified atom stereocenters. The number of carbonyl (C=O) groups excluding carboxylic acids is 1. The summed E-state index contributed by atoms with van der Waals surface area (Å²) < 4.78 is 11.0. The highest BCUT2D eigenvalue weighted by Gasteiger charge is 2.16. The Balaban J connectivity index is 2.25. The molecule has 2 N–H and O–H groups in total. The first-order valence-corrected chi connectivity index (χ1v) is 8.47. The van der Waals surface area contributed by atoms with Gasteiger partial charge in [0.2, 0.25) is 0 Å². The number of nitro benzene ring substituents is 1. The molecular formula is C17H16BrN3O6. The maximum Gasteiger partial charge on any atom is 0.275 e. The Labute approximate surface area is 162 Å². The van der Waals surface area contributed by atoms with Crippen LogP contribution in [0.5, 0.6) is 17.2 Å². The molecule has 2 aromatic rings. The first-order valence-electron chi connectivity index (χ1n) is 7.68. The predicted octanol–water partition coefficient (Wildman–Crippen LogP) is 3.23. The van der Waals surface area contributed by atoms with E-state index in [4.69, 9.17) is 9.47 Å². The number of phenolic OH excluding ortho intramolecular Hbond substituents is 1. The van der Waals surface area contributed by atoms with Crippen LogP contribution in [0.15, 0.2) is 39.9 Å². The van der Waals surface area contributed by atoms with Crippen LogP contribution in [-0.2, 0) is 0 Å². The fourth-order valence-corrected chi connectivity index (χ4v) is 2.52. The first kappa shape index (κ1) is 20.2. The number of hydrogen-bond acceptors (Lipinski definition) is 7. The average molecular weight is 438 g/mol. The fraction of sp³-hybridized carbons (Fsp3) is 0.176. The Hall–Kier alpha value is -3.14. The third kappa shape index (κ3) is 4.94. The van der Waals surface area contributed by atoms with Crippen molar-refractivity contribution in [2.24, 2.45) is 5.10 Å². The monoisotopic (exact) mass is 437 g/mol. The zero-order valence-corrected chi connectivity index (χ0v) is 16.0. The van der Waals surface area contributed by atoms with E-state index in [2.05, 4.69) is 26.5 Å². The van der Waals surface area contributed by atoms with E-state index in [1.807, 2.05) is 0 Å². The lowest BCUT2D eigenvalue weighted by Gasteiger charge is -2.09. The minimum atomic E-state index is -0.631.